The summed E-state index contributed by atoms with van der Waals surface area (Å²) in [4.78, 5) is 4.67. The van der Waals surface area contributed by atoms with Gasteiger partial charge in [0.05, 0.1) is 22.4 Å². The van der Waals surface area contributed by atoms with Crippen molar-refractivity contribution in [1.29, 1.82) is 5.26 Å². The quantitative estimate of drug-likeness (QED) is 0.551. The van der Waals surface area contributed by atoms with E-state index < -0.39 is 0 Å². The fourth-order valence-electron chi connectivity index (χ4n) is 2.24. The van der Waals surface area contributed by atoms with E-state index in [1.807, 2.05) is 19.1 Å². The number of unbranched alkanes of at least 4 members (excludes halogenated alkanes) is 3. The number of benzene rings is 1. The van der Waals surface area contributed by atoms with Crippen LogP contribution in [0.1, 0.15) is 39.5 Å². The topological polar surface area (TPSA) is 41.6 Å². The van der Waals surface area contributed by atoms with Crippen LogP contribution < -0.4 is 0 Å². The lowest BCUT2D eigenvalue weighted by Gasteiger charge is -2.09. The molecule has 3 nitrogen and oxygen atoms in total. The third kappa shape index (κ3) is 3.55. The van der Waals surface area contributed by atoms with Crippen molar-refractivity contribution in [3.8, 4) is 6.07 Å². The molecule has 0 aliphatic rings. The van der Waals surface area contributed by atoms with E-state index >= 15 is 0 Å². The third-order valence-electron chi connectivity index (χ3n) is 3.32. The van der Waals surface area contributed by atoms with Crippen LogP contribution in [-0.4, -0.2) is 14.8 Å². The van der Waals surface area contributed by atoms with Crippen LogP contribution in [0.5, 0.6) is 0 Å². The fourth-order valence-corrected chi connectivity index (χ4v) is 3.08. The van der Waals surface area contributed by atoms with Crippen LogP contribution in [-0.2, 0) is 6.54 Å². The highest BCUT2D eigenvalue weighted by Crippen LogP contribution is 2.27. The number of para-hydroxylation sites is 2. The summed E-state index contributed by atoms with van der Waals surface area (Å²) in [6, 6.07) is 10.5. The average Bonchev–Trinajstić information content (AvgIpc) is 2.81. The first kappa shape index (κ1) is 14.9. The van der Waals surface area contributed by atoms with E-state index in [1.54, 1.807) is 11.8 Å². The molecule has 0 spiro atoms. The maximum Gasteiger partial charge on any atom is 0.170 e. The van der Waals surface area contributed by atoms with E-state index in [0.717, 1.165) is 17.2 Å². The van der Waals surface area contributed by atoms with Gasteiger partial charge >= 0.3 is 0 Å². The summed E-state index contributed by atoms with van der Waals surface area (Å²) in [6.45, 7) is 5.13. The molecule has 106 valence electrons. The molecule has 0 amide bonds. The summed E-state index contributed by atoms with van der Waals surface area (Å²) < 4.78 is 2.27. The van der Waals surface area contributed by atoms with Gasteiger partial charge < -0.3 is 4.57 Å². The molecule has 0 fully saturated rings. The number of nitriles is 1. The molecule has 20 heavy (non-hydrogen) atoms. The summed E-state index contributed by atoms with van der Waals surface area (Å²) in [7, 11) is 0. The second-order valence-corrected chi connectivity index (χ2v) is 6.29. The zero-order valence-corrected chi connectivity index (χ0v) is 13.0. The van der Waals surface area contributed by atoms with E-state index in [-0.39, 0.29) is 5.25 Å². The van der Waals surface area contributed by atoms with Gasteiger partial charge in [-0.05, 0) is 25.5 Å². The number of rotatable bonds is 7. The smallest absolute Gasteiger partial charge is 0.170 e. The Hall–Kier alpha value is -1.47. The predicted octanol–water partition coefficient (Wildman–Crippen LogP) is 4.62. The second-order valence-electron chi connectivity index (χ2n) is 4.98. The highest BCUT2D eigenvalue weighted by Gasteiger charge is 2.13. The van der Waals surface area contributed by atoms with Crippen LogP contribution in [0.25, 0.3) is 11.0 Å². The molecule has 1 unspecified atom stereocenters. The Balaban J connectivity index is 2.23. The van der Waals surface area contributed by atoms with Gasteiger partial charge in [-0.25, -0.2) is 4.98 Å². The van der Waals surface area contributed by atoms with Gasteiger partial charge in [0.15, 0.2) is 5.16 Å². The van der Waals surface area contributed by atoms with E-state index in [9.17, 15) is 0 Å². The molecule has 4 heteroatoms. The largest absolute Gasteiger partial charge is 0.319 e. The molecule has 0 aliphatic carbocycles. The average molecular weight is 287 g/mol. The van der Waals surface area contributed by atoms with Crippen LogP contribution in [0.3, 0.4) is 0 Å². The Morgan fingerprint density at radius 1 is 1.30 bits per heavy atom. The summed E-state index contributed by atoms with van der Waals surface area (Å²) in [5.41, 5.74) is 2.20. The van der Waals surface area contributed by atoms with Gasteiger partial charge in [0.1, 0.15) is 0 Å². The molecule has 0 saturated heterocycles. The van der Waals surface area contributed by atoms with Gasteiger partial charge in [-0.15, -0.1) is 0 Å². The zero-order chi connectivity index (χ0) is 14.4. The normalized spacial score (nSPS) is 12.4. The molecular formula is C16H21N3S. The fraction of sp³-hybridized carbons (Fsp3) is 0.500. The van der Waals surface area contributed by atoms with Crippen molar-refractivity contribution in [2.45, 2.75) is 56.5 Å². The standard InChI is InChI=1S/C16H21N3S/c1-3-4-5-8-11-19-15-10-7-6-9-14(15)18-16(19)20-13(2)12-17/h6-7,9-10,13H,3-5,8,11H2,1-2H3. The first-order valence-corrected chi connectivity index (χ1v) is 8.15. The van der Waals surface area contributed by atoms with Crippen molar-refractivity contribution >= 4 is 22.8 Å². The van der Waals surface area contributed by atoms with Gasteiger partial charge in [-0.1, -0.05) is 50.1 Å². The Morgan fingerprint density at radius 3 is 2.85 bits per heavy atom. The molecule has 0 aliphatic heterocycles. The second kappa shape index (κ2) is 7.35. The molecule has 0 N–H and O–H groups in total. The maximum absolute atomic E-state index is 9.00. The third-order valence-corrected chi connectivity index (χ3v) is 4.30. The molecule has 1 heterocycles. The Kier molecular flexibility index (Phi) is 5.49. The number of hydrogen-bond donors (Lipinski definition) is 0. The lowest BCUT2D eigenvalue weighted by Crippen LogP contribution is -2.02. The Bertz CT molecular complexity index is 597. The summed E-state index contributed by atoms with van der Waals surface area (Å²) >= 11 is 1.55. The summed E-state index contributed by atoms with van der Waals surface area (Å²) in [5, 5.41) is 9.90. The number of fused-ring (bicyclic) bond motifs is 1. The number of hydrogen-bond acceptors (Lipinski definition) is 3. The summed E-state index contributed by atoms with van der Waals surface area (Å²) in [5.74, 6) is 0. The SMILES string of the molecule is CCCCCCn1c(SC(C)C#N)nc2ccccc21. The molecule has 0 bridgehead atoms. The Morgan fingerprint density at radius 2 is 2.10 bits per heavy atom. The molecule has 0 saturated carbocycles. The van der Waals surface area contributed by atoms with E-state index in [4.69, 9.17) is 5.26 Å². The molecule has 1 aromatic heterocycles. The van der Waals surface area contributed by atoms with Crippen molar-refractivity contribution in [2.75, 3.05) is 0 Å². The van der Waals surface area contributed by atoms with Crippen LogP contribution in [0.2, 0.25) is 0 Å². The zero-order valence-electron chi connectivity index (χ0n) is 12.2. The lowest BCUT2D eigenvalue weighted by atomic mass is 10.2. The molecule has 1 aromatic carbocycles. The predicted molar refractivity (Wildman–Crippen MR) is 84.8 cm³/mol. The number of aromatic nitrogens is 2. The van der Waals surface area contributed by atoms with E-state index in [1.165, 1.54) is 31.2 Å². The van der Waals surface area contributed by atoms with Gasteiger partial charge in [-0.2, -0.15) is 5.26 Å². The first-order chi connectivity index (χ1) is 9.76. The minimum Gasteiger partial charge on any atom is -0.319 e. The number of nitrogens with zero attached hydrogens (tertiary/aromatic N) is 3. The van der Waals surface area contributed by atoms with Crippen LogP contribution in [0.15, 0.2) is 29.4 Å². The van der Waals surface area contributed by atoms with E-state index in [2.05, 4.69) is 34.7 Å². The van der Waals surface area contributed by atoms with Crippen molar-refractivity contribution in [2.24, 2.45) is 0 Å². The summed E-state index contributed by atoms with van der Waals surface area (Å²) in [6.07, 6.45) is 4.95. The van der Waals surface area contributed by atoms with Crippen molar-refractivity contribution in [3.63, 3.8) is 0 Å². The van der Waals surface area contributed by atoms with Crippen molar-refractivity contribution in [3.05, 3.63) is 24.3 Å². The van der Waals surface area contributed by atoms with Gasteiger partial charge in [0.2, 0.25) is 0 Å². The molecule has 2 aromatic rings. The van der Waals surface area contributed by atoms with Crippen molar-refractivity contribution < 1.29 is 0 Å². The molecule has 2 rings (SSSR count). The monoisotopic (exact) mass is 287 g/mol. The minimum absolute atomic E-state index is 0.0683. The van der Waals surface area contributed by atoms with Crippen LogP contribution in [0, 0.1) is 11.3 Å². The van der Waals surface area contributed by atoms with Gasteiger partial charge in [0, 0.05) is 6.54 Å². The molecule has 0 radical (unpaired) electrons. The highest BCUT2D eigenvalue weighted by molar-refractivity contribution is 8.00. The van der Waals surface area contributed by atoms with Crippen LogP contribution >= 0.6 is 11.8 Å². The molecule has 1 atom stereocenters. The van der Waals surface area contributed by atoms with Gasteiger partial charge in [0.25, 0.3) is 0 Å². The molecular weight excluding hydrogens is 266 g/mol. The minimum atomic E-state index is -0.0683. The first-order valence-electron chi connectivity index (χ1n) is 7.27. The lowest BCUT2D eigenvalue weighted by molar-refractivity contribution is 0.563. The number of aryl methyl sites for hydroxylation is 1. The van der Waals surface area contributed by atoms with Gasteiger partial charge in [-0.3, -0.25) is 0 Å². The van der Waals surface area contributed by atoms with E-state index in [0.29, 0.717) is 0 Å². The number of thioether (sulfide) groups is 1. The van der Waals surface area contributed by atoms with Crippen molar-refractivity contribution in [1.82, 2.24) is 9.55 Å². The Labute approximate surface area is 125 Å². The highest BCUT2D eigenvalue weighted by atomic mass is 32.2. The van der Waals surface area contributed by atoms with Crippen LogP contribution in [0.4, 0.5) is 0 Å². The maximum atomic E-state index is 9.00. The number of imidazole rings is 1.